The summed E-state index contributed by atoms with van der Waals surface area (Å²) in [5, 5.41) is 7.89. The lowest BCUT2D eigenvalue weighted by Crippen LogP contribution is -2.26. The molecule has 0 aromatic carbocycles. The number of hydrogen-bond acceptors (Lipinski definition) is 3. The van der Waals surface area contributed by atoms with E-state index in [2.05, 4.69) is 10.4 Å². The normalized spacial score (nSPS) is 21.2. The highest BCUT2D eigenvalue weighted by Crippen LogP contribution is 2.28. The Labute approximate surface area is 105 Å². The van der Waals surface area contributed by atoms with Crippen molar-refractivity contribution >= 4 is 10.8 Å². The van der Waals surface area contributed by atoms with Gasteiger partial charge in [0.25, 0.3) is 0 Å². The van der Waals surface area contributed by atoms with E-state index < -0.39 is 10.8 Å². The molecule has 1 aliphatic carbocycles. The van der Waals surface area contributed by atoms with Crippen molar-refractivity contribution in [3.05, 3.63) is 17.5 Å². The van der Waals surface area contributed by atoms with Crippen LogP contribution in [0.4, 0.5) is 0 Å². The Balaban J connectivity index is 1.88. The van der Waals surface area contributed by atoms with Crippen LogP contribution >= 0.6 is 0 Å². The van der Waals surface area contributed by atoms with Gasteiger partial charge in [0.15, 0.2) is 0 Å². The average Bonchev–Trinajstić information content (AvgIpc) is 2.67. The van der Waals surface area contributed by atoms with Crippen LogP contribution in [0.1, 0.15) is 36.6 Å². The first-order valence-corrected chi connectivity index (χ1v) is 7.95. The van der Waals surface area contributed by atoms with Gasteiger partial charge in [-0.3, -0.25) is 8.89 Å². The molecular formula is C12H21N3OS. The quantitative estimate of drug-likeness (QED) is 0.803. The first kappa shape index (κ1) is 12.8. The predicted molar refractivity (Wildman–Crippen MR) is 70.4 cm³/mol. The second kappa shape index (κ2) is 5.78. The molecule has 4 nitrogen and oxygen atoms in total. The standard InChI is InChI=1S/C12H21N3OS/c1-15-12-6-3-5-11(10(12)9-14-15)13-7-4-8-17(2)16/h9,11,13H,3-8H2,1-2H3. The molecular weight excluding hydrogens is 234 g/mol. The van der Waals surface area contributed by atoms with Crippen molar-refractivity contribution in [1.82, 2.24) is 15.1 Å². The highest BCUT2D eigenvalue weighted by molar-refractivity contribution is 7.84. The molecule has 0 fully saturated rings. The van der Waals surface area contributed by atoms with Crippen molar-refractivity contribution in [2.24, 2.45) is 7.05 Å². The van der Waals surface area contributed by atoms with Gasteiger partial charge in [-0.05, 0) is 32.2 Å². The summed E-state index contributed by atoms with van der Waals surface area (Å²) in [7, 11) is 1.35. The summed E-state index contributed by atoms with van der Waals surface area (Å²) in [6, 6.07) is 0.442. The van der Waals surface area contributed by atoms with E-state index in [0.29, 0.717) is 6.04 Å². The van der Waals surface area contributed by atoms with Gasteiger partial charge in [-0.15, -0.1) is 0 Å². The summed E-state index contributed by atoms with van der Waals surface area (Å²) in [6.07, 6.45) is 8.29. The van der Waals surface area contributed by atoms with Gasteiger partial charge in [0.2, 0.25) is 0 Å². The van der Waals surface area contributed by atoms with Gasteiger partial charge < -0.3 is 5.32 Å². The molecule has 1 aromatic rings. The van der Waals surface area contributed by atoms with Crippen LogP contribution in [-0.2, 0) is 24.3 Å². The third-order valence-corrected chi connectivity index (χ3v) is 4.24. The van der Waals surface area contributed by atoms with Crippen molar-refractivity contribution < 1.29 is 4.21 Å². The number of nitrogens with zero attached hydrogens (tertiary/aromatic N) is 2. The second-order valence-electron chi connectivity index (χ2n) is 4.70. The molecule has 0 radical (unpaired) electrons. The molecule has 1 aromatic heterocycles. The maximum absolute atomic E-state index is 11.0. The number of hydrogen-bond donors (Lipinski definition) is 1. The first-order valence-electron chi connectivity index (χ1n) is 6.22. The molecule has 0 saturated carbocycles. The zero-order valence-electron chi connectivity index (χ0n) is 10.6. The van der Waals surface area contributed by atoms with Crippen LogP contribution in [-0.4, -0.2) is 32.5 Å². The van der Waals surface area contributed by atoms with Crippen LogP contribution in [0.3, 0.4) is 0 Å². The second-order valence-corrected chi connectivity index (χ2v) is 6.25. The van der Waals surface area contributed by atoms with E-state index in [4.69, 9.17) is 0 Å². The summed E-state index contributed by atoms with van der Waals surface area (Å²) in [6.45, 7) is 0.943. The van der Waals surface area contributed by atoms with Gasteiger partial charge in [-0.2, -0.15) is 5.10 Å². The van der Waals surface area contributed by atoms with Crippen molar-refractivity contribution in [3.63, 3.8) is 0 Å². The highest BCUT2D eigenvalue weighted by Gasteiger charge is 2.22. The number of nitrogens with one attached hydrogen (secondary N) is 1. The lowest BCUT2D eigenvalue weighted by Gasteiger charge is -2.23. The fourth-order valence-corrected chi connectivity index (χ4v) is 3.02. The largest absolute Gasteiger partial charge is 0.310 e. The van der Waals surface area contributed by atoms with Crippen molar-refractivity contribution in [3.8, 4) is 0 Å². The van der Waals surface area contributed by atoms with E-state index in [9.17, 15) is 4.21 Å². The van der Waals surface area contributed by atoms with E-state index in [-0.39, 0.29) is 0 Å². The predicted octanol–water partition coefficient (Wildman–Crippen LogP) is 1.16. The van der Waals surface area contributed by atoms with Crippen molar-refractivity contribution in [2.45, 2.75) is 31.7 Å². The maximum atomic E-state index is 11.0. The Kier molecular flexibility index (Phi) is 4.34. The van der Waals surface area contributed by atoms with Crippen LogP contribution in [0.5, 0.6) is 0 Å². The minimum absolute atomic E-state index is 0.442. The molecule has 0 spiro atoms. The molecule has 2 atom stereocenters. The van der Waals surface area contributed by atoms with Crippen molar-refractivity contribution in [2.75, 3.05) is 18.6 Å². The molecule has 2 unspecified atom stereocenters. The van der Waals surface area contributed by atoms with Crippen LogP contribution in [0, 0.1) is 0 Å². The molecule has 0 saturated heterocycles. The highest BCUT2D eigenvalue weighted by atomic mass is 32.2. The fraction of sp³-hybridized carbons (Fsp3) is 0.750. The third kappa shape index (κ3) is 3.16. The monoisotopic (exact) mass is 255 g/mol. The van der Waals surface area contributed by atoms with Gasteiger partial charge in [0.05, 0.1) is 6.20 Å². The maximum Gasteiger partial charge on any atom is 0.0540 e. The van der Waals surface area contributed by atoms with Crippen LogP contribution in [0.2, 0.25) is 0 Å². The summed E-state index contributed by atoms with van der Waals surface area (Å²) in [5.74, 6) is 0.791. The molecule has 2 rings (SSSR count). The number of aryl methyl sites for hydroxylation is 1. The third-order valence-electron chi connectivity index (χ3n) is 3.37. The van der Waals surface area contributed by atoms with Crippen LogP contribution < -0.4 is 5.32 Å². The van der Waals surface area contributed by atoms with E-state index in [1.54, 1.807) is 6.26 Å². The zero-order chi connectivity index (χ0) is 12.3. The number of aromatic nitrogens is 2. The average molecular weight is 255 g/mol. The Morgan fingerprint density at radius 1 is 1.65 bits per heavy atom. The Hall–Kier alpha value is -0.680. The van der Waals surface area contributed by atoms with Gasteiger partial charge in [-0.25, -0.2) is 0 Å². The summed E-state index contributed by atoms with van der Waals surface area (Å²) in [4.78, 5) is 0. The lowest BCUT2D eigenvalue weighted by atomic mass is 9.93. The number of fused-ring (bicyclic) bond motifs is 1. The number of rotatable bonds is 5. The Morgan fingerprint density at radius 2 is 2.47 bits per heavy atom. The fourth-order valence-electron chi connectivity index (χ4n) is 2.47. The topological polar surface area (TPSA) is 46.9 Å². The van der Waals surface area contributed by atoms with Crippen LogP contribution in [0.15, 0.2) is 6.20 Å². The minimum atomic E-state index is -0.669. The van der Waals surface area contributed by atoms with Gasteiger partial charge in [0.1, 0.15) is 0 Å². The molecule has 1 N–H and O–H groups in total. The Morgan fingerprint density at radius 3 is 3.24 bits per heavy atom. The molecule has 1 aliphatic rings. The molecule has 0 bridgehead atoms. The minimum Gasteiger partial charge on any atom is -0.310 e. The van der Waals surface area contributed by atoms with E-state index >= 15 is 0 Å². The van der Waals surface area contributed by atoms with E-state index in [0.717, 1.165) is 25.1 Å². The van der Waals surface area contributed by atoms with Gasteiger partial charge in [0, 0.05) is 47.2 Å². The van der Waals surface area contributed by atoms with Crippen LogP contribution in [0.25, 0.3) is 0 Å². The Bertz CT molecular complexity index is 402. The zero-order valence-corrected chi connectivity index (χ0v) is 11.4. The molecule has 5 heteroatoms. The first-order chi connectivity index (χ1) is 8.18. The smallest absolute Gasteiger partial charge is 0.0540 e. The molecule has 17 heavy (non-hydrogen) atoms. The lowest BCUT2D eigenvalue weighted by molar-refractivity contribution is 0.453. The van der Waals surface area contributed by atoms with E-state index in [1.165, 1.54) is 24.1 Å². The molecule has 0 aliphatic heterocycles. The summed E-state index contributed by atoms with van der Waals surface area (Å²) >= 11 is 0. The molecule has 0 amide bonds. The van der Waals surface area contributed by atoms with E-state index in [1.807, 2.05) is 17.9 Å². The van der Waals surface area contributed by atoms with Crippen molar-refractivity contribution in [1.29, 1.82) is 0 Å². The molecule has 1 heterocycles. The van der Waals surface area contributed by atoms with Gasteiger partial charge >= 0.3 is 0 Å². The summed E-state index contributed by atoms with van der Waals surface area (Å²) in [5.41, 5.74) is 2.73. The summed E-state index contributed by atoms with van der Waals surface area (Å²) < 4.78 is 13.0. The van der Waals surface area contributed by atoms with Gasteiger partial charge in [-0.1, -0.05) is 0 Å². The molecule has 96 valence electrons. The SMILES string of the molecule is Cn1ncc2c1CCCC2NCCCS(C)=O.